The Morgan fingerprint density at radius 2 is 1.72 bits per heavy atom. The van der Waals surface area contributed by atoms with E-state index in [1.807, 2.05) is 13.0 Å². The molecule has 0 unspecified atom stereocenters. The van der Waals surface area contributed by atoms with Crippen molar-refractivity contribution in [2.24, 2.45) is 0 Å². The third-order valence-corrected chi connectivity index (χ3v) is 5.74. The molecule has 0 saturated heterocycles. The number of rotatable bonds is 6. The Morgan fingerprint density at radius 3 is 2.41 bits per heavy atom. The summed E-state index contributed by atoms with van der Waals surface area (Å²) in [7, 11) is 0. The van der Waals surface area contributed by atoms with Crippen LogP contribution in [0.25, 0.3) is 0 Å². The lowest BCUT2D eigenvalue weighted by atomic mass is 10.1. The fourth-order valence-electron chi connectivity index (χ4n) is 4.19. The first kappa shape index (κ1) is 21.7. The van der Waals surface area contributed by atoms with Crippen molar-refractivity contribution in [2.45, 2.75) is 38.6 Å². The number of amides is 4. The normalized spacial score (nSPS) is 16.0. The van der Waals surface area contributed by atoms with Crippen molar-refractivity contribution in [1.29, 1.82) is 0 Å². The molecule has 1 heterocycles. The highest BCUT2D eigenvalue weighted by molar-refractivity contribution is 6.15. The number of carbonyl (C=O) groups excluding carboxylic acids is 3. The van der Waals surface area contributed by atoms with E-state index in [1.165, 1.54) is 9.80 Å². The van der Waals surface area contributed by atoms with Gasteiger partial charge in [-0.15, -0.1) is 0 Å². The summed E-state index contributed by atoms with van der Waals surface area (Å²) < 4.78 is 5.42. The Balaban J connectivity index is 1.47. The van der Waals surface area contributed by atoms with Gasteiger partial charge in [-0.25, -0.2) is 4.79 Å². The molecule has 8 nitrogen and oxygen atoms in total. The van der Waals surface area contributed by atoms with Gasteiger partial charge in [0.15, 0.2) is 0 Å². The van der Waals surface area contributed by atoms with Crippen molar-refractivity contribution in [3.63, 3.8) is 0 Å². The topological polar surface area (TPSA) is 91.0 Å². The van der Waals surface area contributed by atoms with E-state index in [2.05, 4.69) is 10.6 Å². The predicted molar refractivity (Wildman–Crippen MR) is 123 cm³/mol. The van der Waals surface area contributed by atoms with Gasteiger partial charge in [-0.2, -0.15) is 0 Å². The maximum atomic E-state index is 13.0. The van der Waals surface area contributed by atoms with Crippen LogP contribution in [0.2, 0.25) is 0 Å². The van der Waals surface area contributed by atoms with E-state index in [-0.39, 0.29) is 30.9 Å². The van der Waals surface area contributed by atoms with Crippen LogP contribution in [0, 0.1) is 0 Å². The zero-order valence-corrected chi connectivity index (χ0v) is 18.2. The fourth-order valence-corrected chi connectivity index (χ4v) is 4.19. The second-order valence-corrected chi connectivity index (χ2v) is 7.99. The summed E-state index contributed by atoms with van der Waals surface area (Å²) in [6, 6.07) is 14.0. The summed E-state index contributed by atoms with van der Waals surface area (Å²) in [4.78, 5) is 41.3. The number of hydrogen-bond donors (Lipinski definition) is 2. The van der Waals surface area contributed by atoms with Crippen LogP contribution in [-0.4, -0.2) is 43.6 Å². The standard InChI is InChI=1S/C24H28N4O4/c1-2-32-19-13-11-18(12-14-19)26-24(31)28-16-23(30)27(20-9-5-6-10-21(20)28)15-22(29)25-17-7-3-4-8-17/h5-6,9-14,17H,2-4,7-8,15-16H2,1H3,(H,25,29)(H,26,31). The van der Waals surface area contributed by atoms with Gasteiger partial charge in [-0.3, -0.25) is 19.4 Å². The van der Waals surface area contributed by atoms with Crippen LogP contribution in [0.1, 0.15) is 32.6 Å². The average Bonchev–Trinajstić information content (AvgIpc) is 3.30. The Morgan fingerprint density at radius 1 is 1.03 bits per heavy atom. The number of nitrogens with zero attached hydrogens (tertiary/aromatic N) is 2. The highest BCUT2D eigenvalue weighted by Crippen LogP contribution is 2.33. The average molecular weight is 437 g/mol. The summed E-state index contributed by atoms with van der Waals surface area (Å²) in [5, 5.41) is 5.85. The highest BCUT2D eigenvalue weighted by Gasteiger charge is 2.33. The van der Waals surface area contributed by atoms with Gasteiger partial charge in [0.25, 0.3) is 0 Å². The first-order chi connectivity index (χ1) is 15.5. The van der Waals surface area contributed by atoms with Crippen LogP contribution < -0.4 is 25.2 Å². The summed E-state index contributed by atoms with van der Waals surface area (Å²) in [6.07, 6.45) is 4.20. The Bertz CT molecular complexity index is 986. The van der Waals surface area contributed by atoms with E-state index in [1.54, 1.807) is 42.5 Å². The largest absolute Gasteiger partial charge is 0.494 e. The minimum atomic E-state index is -0.412. The molecule has 2 aromatic rings. The molecule has 8 heteroatoms. The number of nitrogens with one attached hydrogen (secondary N) is 2. The van der Waals surface area contributed by atoms with Crippen LogP contribution in [-0.2, 0) is 9.59 Å². The lowest BCUT2D eigenvalue weighted by Gasteiger charge is -2.35. The second-order valence-electron chi connectivity index (χ2n) is 7.99. The van der Waals surface area contributed by atoms with Crippen LogP contribution >= 0.6 is 0 Å². The molecule has 4 amide bonds. The quantitative estimate of drug-likeness (QED) is 0.725. The zero-order valence-electron chi connectivity index (χ0n) is 18.2. The first-order valence-electron chi connectivity index (χ1n) is 11.1. The minimum absolute atomic E-state index is 0.0549. The molecule has 2 aliphatic rings. The molecule has 0 spiro atoms. The number of hydrogen-bond acceptors (Lipinski definition) is 4. The van der Waals surface area contributed by atoms with Crippen molar-refractivity contribution in [3.05, 3.63) is 48.5 Å². The number of benzene rings is 2. The molecule has 1 fully saturated rings. The van der Waals surface area contributed by atoms with Crippen LogP contribution in [0.15, 0.2) is 48.5 Å². The molecule has 0 atom stereocenters. The highest BCUT2D eigenvalue weighted by atomic mass is 16.5. The van der Waals surface area contributed by atoms with E-state index >= 15 is 0 Å². The minimum Gasteiger partial charge on any atom is -0.494 e. The van der Waals surface area contributed by atoms with Crippen LogP contribution in [0.3, 0.4) is 0 Å². The molecule has 2 aromatic carbocycles. The van der Waals surface area contributed by atoms with Crippen LogP contribution in [0.4, 0.5) is 21.9 Å². The molecule has 1 aliphatic heterocycles. The molecule has 1 aliphatic carbocycles. The summed E-state index contributed by atoms with van der Waals surface area (Å²) in [6.45, 7) is 2.27. The van der Waals surface area contributed by atoms with Gasteiger partial charge < -0.3 is 15.4 Å². The summed E-state index contributed by atoms with van der Waals surface area (Å²) in [5.41, 5.74) is 1.73. The van der Waals surface area contributed by atoms with Crippen molar-refractivity contribution < 1.29 is 19.1 Å². The van der Waals surface area contributed by atoms with Crippen molar-refractivity contribution in [1.82, 2.24) is 5.32 Å². The van der Waals surface area contributed by atoms with E-state index in [0.29, 0.717) is 23.7 Å². The van der Waals surface area contributed by atoms with Crippen LogP contribution in [0.5, 0.6) is 5.75 Å². The van der Waals surface area contributed by atoms with E-state index < -0.39 is 6.03 Å². The Labute approximate surface area is 187 Å². The fraction of sp³-hybridized carbons (Fsp3) is 0.375. The zero-order chi connectivity index (χ0) is 22.5. The molecule has 2 N–H and O–H groups in total. The van der Waals surface area contributed by atoms with Gasteiger partial charge in [-0.1, -0.05) is 25.0 Å². The molecule has 1 saturated carbocycles. The molecule has 32 heavy (non-hydrogen) atoms. The molecular formula is C24H28N4O4. The van der Waals surface area contributed by atoms with E-state index in [9.17, 15) is 14.4 Å². The maximum Gasteiger partial charge on any atom is 0.326 e. The number of anilines is 3. The van der Waals surface area contributed by atoms with Gasteiger partial charge >= 0.3 is 6.03 Å². The lowest BCUT2D eigenvalue weighted by molar-refractivity contribution is -0.123. The van der Waals surface area contributed by atoms with Gasteiger partial charge in [0.1, 0.15) is 18.8 Å². The molecule has 168 valence electrons. The van der Waals surface area contributed by atoms with Gasteiger partial charge in [-0.05, 0) is 56.2 Å². The number of para-hydroxylation sites is 2. The maximum absolute atomic E-state index is 13.0. The third-order valence-electron chi connectivity index (χ3n) is 5.74. The van der Waals surface area contributed by atoms with E-state index in [4.69, 9.17) is 4.74 Å². The lowest BCUT2D eigenvalue weighted by Crippen LogP contribution is -2.52. The molecule has 0 aromatic heterocycles. The van der Waals surface area contributed by atoms with Gasteiger partial charge in [0.05, 0.1) is 18.0 Å². The first-order valence-corrected chi connectivity index (χ1v) is 11.1. The van der Waals surface area contributed by atoms with Gasteiger partial charge in [0.2, 0.25) is 11.8 Å². The number of fused-ring (bicyclic) bond motifs is 1. The number of carbonyl (C=O) groups is 3. The molecule has 4 rings (SSSR count). The number of ether oxygens (including phenoxy) is 1. The van der Waals surface area contributed by atoms with Crippen molar-refractivity contribution in [2.75, 3.05) is 34.8 Å². The number of urea groups is 1. The Hall–Kier alpha value is -3.55. The molecule has 0 radical (unpaired) electrons. The van der Waals surface area contributed by atoms with Gasteiger partial charge in [0, 0.05) is 11.7 Å². The third kappa shape index (κ3) is 4.85. The van der Waals surface area contributed by atoms with Crippen molar-refractivity contribution in [3.8, 4) is 5.75 Å². The second kappa shape index (κ2) is 9.72. The molecular weight excluding hydrogens is 408 g/mol. The van der Waals surface area contributed by atoms with Crippen molar-refractivity contribution >= 4 is 34.9 Å². The smallest absolute Gasteiger partial charge is 0.326 e. The molecule has 0 bridgehead atoms. The Kier molecular flexibility index (Phi) is 6.58. The predicted octanol–water partition coefficient (Wildman–Crippen LogP) is 3.53. The SMILES string of the molecule is CCOc1ccc(NC(=O)N2CC(=O)N(CC(=O)NC3CCCC3)c3ccccc32)cc1. The summed E-state index contributed by atoms with van der Waals surface area (Å²) in [5.74, 6) is 0.245. The van der Waals surface area contributed by atoms with E-state index in [0.717, 1.165) is 31.4 Å². The summed E-state index contributed by atoms with van der Waals surface area (Å²) >= 11 is 0. The monoisotopic (exact) mass is 436 g/mol.